The predicted molar refractivity (Wildman–Crippen MR) is 54.3 cm³/mol. The van der Waals surface area contributed by atoms with Crippen LogP contribution in [0.1, 0.15) is 10.5 Å². The van der Waals surface area contributed by atoms with Crippen LogP contribution in [0, 0.1) is 0 Å². The van der Waals surface area contributed by atoms with Crippen LogP contribution >= 0.6 is 0 Å². The highest BCUT2D eigenvalue weighted by Gasteiger charge is 2.05. The molecule has 2 heterocycles. The number of amides is 1. The van der Waals surface area contributed by atoms with Crippen molar-refractivity contribution in [3.8, 4) is 5.69 Å². The highest BCUT2D eigenvalue weighted by atomic mass is 16.1. The Labute approximate surface area is 85.5 Å². The summed E-state index contributed by atoms with van der Waals surface area (Å²) in [7, 11) is 0. The molecule has 6 nitrogen and oxygen atoms in total. The molecule has 0 aliphatic rings. The number of pyridine rings is 1. The Morgan fingerprint density at radius 3 is 2.80 bits per heavy atom. The van der Waals surface area contributed by atoms with Crippen LogP contribution in [0.25, 0.3) is 5.69 Å². The third kappa shape index (κ3) is 1.78. The van der Waals surface area contributed by atoms with E-state index in [1.54, 1.807) is 30.6 Å². The summed E-state index contributed by atoms with van der Waals surface area (Å²) in [5.41, 5.74) is 11.5. The van der Waals surface area contributed by atoms with E-state index >= 15 is 0 Å². The van der Waals surface area contributed by atoms with Gasteiger partial charge >= 0.3 is 0 Å². The monoisotopic (exact) mass is 203 g/mol. The summed E-state index contributed by atoms with van der Waals surface area (Å²) in [5, 5.41) is 3.98. The van der Waals surface area contributed by atoms with E-state index in [0.717, 1.165) is 5.69 Å². The molecule has 0 radical (unpaired) electrons. The van der Waals surface area contributed by atoms with Crippen LogP contribution in [0.5, 0.6) is 0 Å². The van der Waals surface area contributed by atoms with E-state index in [1.165, 1.54) is 4.68 Å². The van der Waals surface area contributed by atoms with E-state index < -0.39 is 5.91 Å². The Bertz CT molecular complexity index is 505. The van der Waals surface area contributed by atoms with E-state index in [-0.39, 0.29) is 5.69 Å². The lowest BCUT2D eigenvalue weighted by atomic mass is 10.4. The van der Waals surface area contributed by atoms with Gasteiger partial charge in [-0.15, -0.1) is 0 Å². The molecule has 0 aliphatic heterocycles. The molecular formula is C9H9N5O. The average Bonchev–Trinajstić information content (AvgIpc) is 2.66. The molecule has 1 amide bonds. The number of hydrogen-bond acceptors (Lipinski definition) is 4. The molecule has 4 N–H and O–H groups in total. The maximum absolute atomic E-state index is 10.8. The van der Waals surface area contributed by atoms with Crippen LogP contribution in [-0.4, -0.2) is 20.7 Å². The second-order valence-corrected chi connectivity index (χ2v) is 2.95. The van der Waals surface area contributed by atoms with Crippen LogP contribution in [0.15, 0.2) is 30.6 Å². The van der Waals surface area contributed by atoms with Crippen LogP contribution in [0.4, 0.5) is 5.82 Å². The topological polar surface area (TPSA) is 99.8 Å². The zero-order valence-corrected chi connectivity index (χ0v) is 7.79. The zero-order valence-electron chi connectivity index (χ0n) is 7.79. The minimum absolute atomic E-state index is 0.213. The molecule has 2 aromatic heterocycles. The number of hydrogen-bond donors (Lipinski definition) is 2. The maximum atomic E-state index is 10.8. The predicted octanol–water partition coefficient (Wildman–Crippen LogP) is -0.0516. The number of nitrogen functional groups attached to an aromatic ring is 1. The molecule has 6 heteroatoms. The lowest BCUT2D eigenvalue weighted by molar-refractivity contribution is 0.0995. The van der Waals surface area contributed by atoms with Crippen molar-refractivity contribution in [3.63, 3.8) is 0 Å². The van der Waals surface area contributed by atoms with Gasteiger partial charge < -0.3 is 11.5 Å². The van der Waals surface area contributed by atoms with E-state index in [0.29, 0.717) is 5.82 Å². The summed E-state index contributed by atoms with van der Waals surface area (Å²) in [6.45, 7) is 0. The first-order valence-electron chi connectivity index (χ1n) is 4.24. The Balaban J connectivity index is 2.41. The van der Waals surface area contributed by atoms with Gasteiger partial charge in [-0.1, -0.05) is 0 Å². The number of nitrogens with zero attached hydrogens (tertiary/aromatic N) is 3. The van der Waals surface area contributed by atoms with Gasteiger partial charge in [0.1, 0.15) is 11.5 Å². The number of carbonyl (C=O) groups excluding carboxylic acids is 1. The molecule has 0 saturated carbocycles. The van der Waals surface area contributed by atoms with Crippen LogP contribution in [0.2, 0.25) is 0 Å². The number of rotatable bonds is 2. The normalized spacial score (nSPS) is 10.1. The molecule has 0 atom stereocenters. The van der Waals surface area contributed by atoms with Crippen molar-refractivity contribution in [1.82, 2.24) is 14.8 Å². The van der Waals surface area contributed by atoms with Crippen molar-refractivity contribution in [3.05, 3.63) is 36.3 Å². The number of anilines is 1. The van der Waals surface area contributed by atoms with Gasteiger partial charge in [0.05, 0.1) is 5.69 Å². The SMILES string of the molecule is NC(=O)c1ccn(-c2ccnc(N)c2)n1. The Morgan fingerprint density at radius 2 is 2.20 bits per heavy atom. The van der Waals surface area contributed by atoms with Crippen LogP contribution in [-0.2, 0) is 0 Å². The Kier molecular flexibility index (Phi) is 2.09. The van der Waals surface area contributed by atoms with Gasteiger partial charge in [-0.05, 0) is 12.1 Å². The minimum atomic E-state index is -0.559. The van der Waals surface area contributed by atoms with Gasteiger partial charge in [-0.3, -0.25) is 4.79 Å². The Morgan fingerprint density at radius 1 is 1.40 bits per heavy atom. The first-order chi connectivity index (χ1) is 7.16. The number of carbonyl (C=O) groups is 1. The molecule has 76 valence electrons. The van der Waals surface area contributed by atoms with Crippen LogP contribution < -0.4 is 11.5 Å². The van der Waals surface area contributed by atoms with Gasteiger partial charge in [-0.2, -0.15) is 5.10 Å². The van der Waals surface area contributed by atoms with Gasteiger partial charge in [0.15, 0.2) is 0 Å². The fraction of sp³-hybridized carbons (Fsp3) is 0. The van der Waals surface area contributed by atoms with Gasteiger partial charge in [-0.25, -0.2) is 9.67 Å². The third-order valence-electron chi connectivity index (χ3n) is 1.87. The lowest BCUT2D eigenvalue weighted by Gasteiger charge is -2.00. The number of primary amides is 1. The molecule has 0 aliphatic carbocycles. The second kappa shape index (κ2) is 3.41. The summed E-state index contributed by atoms with van der Waals surface area (Å²) in [4.78, 5) is 14.7. The summed E-state index contributed by atoms with van der Waals surface area (Å²) in [6, 6.07) is 4.92. The third-order valence-corrected chi connectivity index (χ3v) is 1.87. The molecular weight excluding hydrogens is 194 g/mol. The standard InChI is InChI=1S/C9H9N5O/c10-8-5-6(1-3-12-8)14-4-2-7(13-14)9(11)15/h1-5H,(H2,10,12)(H2,11,15). The van der Waals surface area contributed by atoms with Gasteiger partial charge in [0.2, 0.25) is 0 Å². The first kappa shape index (κ1) is 9.20. The molecule has 0 bridgehead atoms. The fourth-order valence-corrected chi connectivity index (χ4v) is 1.18. The van der Waals surface area contributed by atoms with Crippen molar-refractivity contribution in [1.29, 1.82) is 0 Å². The molecule has 2 aromatic rings. The number of nitrogens with two attached hydrogens (primary N) is 2. The summed E-state index contributed by atoms with van der Waals surface area (Å²) < 4.78 is 1.51. The lowest BCUT2D eigenvalue weighted by Crippen LogP contribution is -2.12. The summed E-state index contributed by atoms with van der Waals surface area (Å²) >= 11 is 0. The highest BCUT2D eigenvalue weighted by molar-refractivity contribution is 5.90. The highest BCUT2D eigenvalue weighted by Crippen LogP contribution is 2.08. The zero-order chi connectivity index (χ0) is 10.8. The van der Waals surface area contributed by atoms with E-state index in [2.05, 4.69) is 10.1 Å². The van der Waals surface area contributed by atoms with E-state index in [9.17, 15) is 4.79 Å². The molecule has 0 spiro atoms. The molecule has 0 aromatic carbocycles. The van der Waals surface area contributed by atoms with Crippen molar-refractivity contribution < 1.29 is 4.79 Å². The molecule has 0 saturated heterocycles. The van der Waals surface area contributed by atoms with E-state index in [4.69, 9.17) is 11.5 Å². The summed E-state index contributed by atoms with van der Waals surface area (Å²) in [5.74, 6) is -0.167. The first-order valence-corrected chi connectivity index (χ1v) is 4.24. The van der Waals surface area contributed by atoms with E-state index in [1.807, 2.05) is 0 Å². The molecule has 2 rings (SSSR count). The van der Waals surface area contributed by atoms with Crippen molar-refractivity contribution in [2.75, 3.05) is 5.73 Å². The second-order valence-electron chi connectivity index (χ2n) is 2.95. The molecule has 0 unspecified atom stereocenters. The summed E-state index contributed by atoms with van der Waals surface area (Å²) in [6.07, 6.45) is 3.20. The van der Waals surface area contributed by atoms with Crippen molar-refractivity contribution in [2.45, 2.75) is 0 Å². The quantitative estimate of drug-likeness (QED) is 0.714. The van der Waals surface area contributed by atoms with Gasteiger partial charge in [0.25, 0.3) is 5.91 Å². The molecule has 15 heavy (non-hydrogen) atoms. The smallest absolute Gasteiger partial charge is 0.269 e. The number of aromatic nitrogens is 3. The maximum Gasteiger partial charge on any atom is 0.269 e. The fourth-order valence-electron chi connectivity index (χ4n) is 1.18. The van der Waals surface area contributed by atoms with Crippen molar-refractivity contribution >= 4 is 11.7 Å². The van der Waals surface area contributed by atoms with Crippen LogP contribution in [0.3, 0.4) is 0 Å². The van der Waals surface area contributed by atoms with Crippen molar-refractivity contribution in [2.24, 2.45) is 5.73 Å². The largest absolute Gasteiger partial charge is 0.384 e. The molecule has 0 fully saturated rings. The van der Waals surface area contributed by atoms with Gasteiger partial charge in [0, 0.05) is 18.5 Å². The Hall–Kier alpha value is -2.37. The average molecular weight is 203 g/mol. The minimum Gasteiger partial charge on any atom is -0.384 e.